The van der Waals surface area contributed by atoms with Crippen LogP contribution in [0.3, 0.4) is 0 Å². The molecule has 0 aromatic rings. The van der Waals surface area contributed by atoms with Gasteiger partial charge in [-0.1, -0.05) is 95.2 Å². The van der Waals surface area contributed by atoms with Crippen molar-refractivity contribution in [2.75, 3.05) is 13.2 Å². The first-order valence-corrected chi connectivity index (χ1v) is 14.8. The lowest BCUT2D eigenvalue weighted by Crippen LogP contribution is -1.99. The summed E-state index contributed by atoms with van der Waals surface area (Å²) in [4.78, 5) is 21.0. The summed E-state index contributed by atoms with van der Waals surface area (Å²) in [6.07, 6.45) is 35.4. The van der Waals surface area contributed by atoms with Gasteiger partial charge in [0.05, 0.1) is 13.2 Å². The fourth-order valence-corrected chi connectivity index (χ4v) is 3.45. The molecule has 0 saturated carbocycles. The monoisotopic (exact) mass is 506 g/mol. The van der Waals surface area contributed by atoms with Crippen LogP contribution in [0.5, 0.6) is 0 Å². The Labute approximate surface area is 224 Å². The predicted octanol–water partition coefficient (Wildman–Crippen LogP) is 9.83. The van der Waals surface area contributed by atoms with Crippen molar-refractivity contribution in [1.29, 1.82) is 0 Å². The van der Waals surface area contributed by atoms with E-state index in [1.54, 1.807) is 0 Å². The molecular weight excluding hydrogens is 448 g/mol. The topological polar surface area (TPSA) is 52.6 Å². The molecule has 0 saturated heterocycles. The van der Waals surface area contributed by atoms with E-state index in [0.29, 0.717) is 13.2 Å². The molecule has 0 aliphatic carbocycles. The van der Waals surface area contributed by atoms with E-state index < -0.39 is 0 Å². The summed E-state index contributed by atoms with van der Waals surface area (Å²) in [5.74, 6) is -0.346. The predicted molar refractivity (Wildman–Crippen MR) is 155 cm³/mol. The Morgan fingerprint density at radius 3 is 1.17 bits per heavy atom. The number of esters is 2. The van der Waals surface area contributed by atoms with Crippen molar-refractivity contribution >= 4 is 11.9 Å². The first-order chi connectivity index (χ1) is 17.5. The Hall–Kier alpha value is -1.84. The van der Waals surface area contributed by atoms with Gasteiger partial charge in [-0.05, 0) is 70.6 Å². The summed E-state index contributed by atoms with van der Waals surface area (Å²) in [7, 11) is 0. The van der Waals surface area contributed by atoms with Crippen molar-refractivity contribution in [3.8, 4) is 0 Å². The smallest absolute Gasteiger partial charge is 0.302 e. The molecule has 0 aliphatic rings. The zero-order chi connectivity index (χ0) is 27.0. The Morgan fingerprint density at radius 2 is 0.750 bits per heavy atom. The SMILES string of the molecule is CCCC=CCCCCC=CCCCOC(C)=O.CCCC=CCCCCCCCCCOC(C)=O. The van der Waals surface area contributed by atoms with Crippen molar-refractivity contribution in [3.63, 3.8) is 0 Å². The van der Waals surface area contributed by atoms with Gasteiger partial charge in [-0.15, -0.1) is 0 Å². The van der Waals surface area contributed by atoms with Gasteiger partial charge in [-0.3, -0.25) is 9.59 Å². The van der Waals surface area contributed by atoms with E-state index in [-0.39, 0.29) is 11.9 Å². The molecule has 210 valence electrons. The van der Waals surface area contributed by atoms with Crippen LogP contribution < -0.4 is 0 Å². The number of rotatable bonds is 23. The lowest BCUT2D eigenvalue weighted by atomic mass is 10.1. The molecule has 0 bridgehead atoms. The second-order valence-electron chi connectivity index (χ2n) is 9.36. The number of carbonyl (C=O) groups excluding carboxylic acids is 2. The average molecular weight is 507 g/mol. The van der Waals surface area contributed by atoms with Crippen LogP contribution in [0.1, 0.15) is 143 Å². The van der Waals surface area contributed by atoms with Gasteiger partial charge < -0.3 is 9.47 Å². The maximum Gasteiger partial charge on any atom is 0.302 e. The maximum atomic E-state index is 10.5. The highest BCUT2D eigenvalue weighted by Crippen LogP contribution is 2.09. The molecule has 0 aromatic heterocycles. The number of unbranched alkanes of at least 4 members (excludes halogenated alkanes) is 13. The Morgan fingerprint density at radius 1 is 0.444 bits per heavy atom. The Kier molecular flexibility index (Phi) is 33.5. The van der Waals surface area contributed by atoms with Crippen LogP contribution in [0.25, 0.3) is 0 Å². The first kappa shape index (κ1) is 36.3. The molecule has 0 fully saturated rings. The summed E-state index contributed by atoms with van der Waals surface area (Å²) < 4.78 is 9.74. The third-order valence-electron chi connectivity index (χ3n) is 5.54. The molecule has 0 N–H and O–H groups in total. The lowest BCUT2D eigenvalue weighted by molar-refractivity contribution is -0.142. The van der Waals surface area contributed by atoms with Crippen LogP contribution in [0.15, 0.2) is 36.5 Å². The number of ether oxygens (including phenoxy) is 2. The number of hydrogen-bond donors (Lipinski definition) is 0. The molecule has 0 atom stereocenters. The number of carbonyl (C=O) groups is 2. The van der Waals surface area contributed by atoms with Crippen LogP contribution in [0, 0.1) is 0 Å². The van der Waals surface area contributed by atoms with E-state index in [1.807, 2.05) is 0 Å². The van der Waals surface area contributed by atoms with Crippen LogP contribution in [0.2, 0.25) is 0 Å². The molecule has 0 rings (SSSR count). The van der Waals surface area contributed by atoms with Gasteiger partial charge in [0.1, 0.15) is 0 Å². The maximum absolute atomic E-state index is 10.5. The zero-order valence-electron chi connectivity index (χ0n) is 24.2. The fourth-order valence-electron chi connectivity index (χ4n) is 3.45. The minimum absolute atomic E-state index is 0.161. The summed E-state index contributed by atoms with van der Waals surface area (Å²) >= 11 is 0. The molecule has 0 spiro atoms. The summed E-state index contributed by atoms with van der Waals surface area (Å²) in [5.41, 5.74) is 0. The van der Waals surface area contributed by atoms with Gasteiger partial charge in [0.25, 0.3) is 0 Å². The van der Waals surface area contributed by atoms with Crippen molar-refractivity contribution in [1.82, 2.24) is 0 Å². The fraction of sp³-hybridized carbons (Fsp3) is 0.750. The van der Waals surface area contributed by atoms with Crippen molar-refractivity contribution in [2.45, 2.75) is 143 Å². The van der Waals surface area contributed by atoms with Crippen LogP contribution in [0.4, 0.5) is 0 Å². The zero-order valence-corrected chi connectivity index (χ0v) is 24.2. The molecule has 0 unspecified atom stereocenters. The first-order valence-electron chi connectivity index (χ1n) is 14.8. The van der Waals surface area contributed by atoms with E-state index in [1.165, 1.54) is 104 Å². The molecule has 0 heterocycles. The van der Waals surface area contributed by atoms with Gasteiger partial charge >= 0.3 is 11.9 Å². The van der Waals surface area contributed by atoms with Crippen molar-refractivity contribution in [3.05, 3.63) is 36.5 Å². The normalized spacial score (nSPS) is 11.2. The summed E-state index contributed by atoms with van der Waals surface area (Å²) in [5, 5.41) is 0. The second-order valence-corrected chi connectivity index (χ2v) is 9.36. The molecule has 0 amide bonds. The third-order valence-corrected chi connectivity index (χ3v) is 5.54. The molecule has 4 nitrogen and oxygen atoms in total. The second kappa shape index (κ2) is 33.2. The molecule has 0 radical (unpaired) electrons. The van der Waals surface area contributed by atoms with E-state index in [0.717, 1.165) is 25.7 Å². The third kappa shape index (κ3) is 39.4. The molecule has 0 aromatic carbocycles. The summed E-state index contributed by atoms with van der Waals surface area (Å²) in [6.45, 7) is 8.47. The molecule has 4 heteroatoms. The van der Waals surface area contributed by atoms with Crippen LogP contribution in [-0.4, -0.2) is 25.2 Å². The van der Waals surface area contributed by atoms with Crippen LogP contribution >= 0.6 is 0 Å². The Balaban J connectivity index is 0. The Bertz CT molecular complexity index is 548. The molecule has 0 aliphatic heterocycles. The largest absolute Gasteiger partial charge is 0.466 e. The van der Waals surface area contributed by atoms with Crippen molar-refractivity contribution < 1.29 is 19.1 Å². The van der Waals surface area contributed by atoms with Gasteiger partial charge in [-0.2, -0.15) is 0 Å². The van der Waals surface area contributed by atoms with E-state index in [2.05, 4.69) is 50.3 Å². The van der Waals surface area contributed by atoms with Gasteiger partial charge in [-0.25, -0.2) is 0 Å². The van der Waals surface area contributed by atoms with E-state index in [4.69, 9.17) is 9.47 Å². The highest BCUT2D eigenvalue weighted by molar-refractivity contribution is 5.66. The number of hydrogen-bond acceptors (Lipinski definition) is 4. The van der Waals surface area contributed by atoms with E-state index in [9.17, 15) is 9.59 Å². The standard InChI is InChI=1S/C16H30O2.C16H28O2/c2*1-3-4-5-6-7-8-9-10-11-12-13-14-15-18-16(2)17/h5-6H,3-4,7-15H2,1-2H3;5-6,11-12H,3-4,7-10,13-15H2,1-2H3. The van der Waals surface area contributed by atoms with Crippen molar-refractivity contribution in [2.24, 2.45) is 0 Å². The highest BCUT2D eigenvalue weighted by Gasteiger charge is 1.94. The number of allylic oxidation sites excluding steroid dienone is 6. The quantitative estimate of drug-likeness (QED) is 0.0786. The summed E-state index contributed by atoms with van der Waals surface area (Å²) in [6, 6.07) is 0. The molecule has 36 heavy (non-hydrogen) atoms. The highest BCUT2D eigenvalue weighted by atomic mass is 16.5. The van der Waals surface area contributed by atoms with Gasteiger partial charge in [0.15, 0.2) is 0 Å². The minimum atomic E-state index is -0.185. The lowest BCUT2D eigenvalue weighted by Gasteiger charge is -2.02. The van der Waals surface area contributed by atoms with Gasteiger partial charge in [0, 0.05) is 13.8 Å². The molecular formula is C32H58O4. The minimum Gasteiger partial charge on any atom is -0.466 e. The average Bonchev–Trinajstić information content (AvgIpc) is 2.85. The van der Waals surface area contributed by atoms with Gasteiger partial charge in [0.2, 0.25) is 0 Å². The van der Waals surface area contributed by atoms with Crippen LogP contribution in [-0.2, 0) is 19.1 Å². The van der Waals surface area contributed by atoms with E-state index >= 15 is 0 Å².